The van der Waals surface area contributed by atoms with Crippen molar-refractivity contribution in [1.82, 2.24) is 19.9 Å². The molecule has 2 rings (SSSR count). The van der Waals surface area contributed by atoms with Gasteiger partial charge in [-0.1, -0.05) is 26.0 Å². The van der Waals surface area contributed by atoms with Crippen LogP contribution in [0.25, 0.3) is 0 Å². The standard InChI is InChI=1S/C14H26N4/c1-13(2,3)12-10-17(16-15-12)8-7-11-9-18(11)14(4,5)6/h10-11H,7-9H2,1-6H3. The molecule has 0 aliphatic carbocycles. The molecule has 0 amide bonds. The average Bonchev–Trinajstić information content (AvgIpc) is 2.83. The van der Waals surface area contributed by atoms with Crippen molar-refractivity contribution in [3.8, 4) is 0 Å². The predicted molar refractivity (Wildman–Crippen MR) is 73.6 cm³/mol. The largest absolute Gasteiger partial charge is 0.293 e. The minimum absolute atomic E-state index is 0.0925. The third-order valence-electron chi connectivity index (χ3n) is 3.57. The Hall–Kier alpha value is -0.900. The van der Waals surface area contributed by atoms with Gasteiger partial charge in [0.05, 0.1) is 5.69 Å². The van der Waals surface area contributed by atoms with Crippen molar-refractivity contribution in [3.05, 3.63) is 11.9 Å². The van der Waals surface area contributed by atoms with E-state index in [-0.39, 0.29) is 5.41 Å². The van der Waals surface area contributed by atoms with Crippen LogP contribution in [-0.2, 0) is 12.0 Å². The molecule has 0 aromatic carbocycles. The summed E-state index contributed by atoms with van der Waals surface area (Å²) in [7, 11) is 0. The molecule has 0 spiro atoms. The lowest BCUT2D eigenvalue weighted by molar-refractivity contribution is 0.278. The molecule has 0 N–H and O–H groups in total. The Morgan fingerprint density at radius 3 is 2.33 bits per heavy atom. The van der Waals surface area contributed by atoms with Gasteiger partial charge in [0.15, 0.2) is 0 Å². The van der Waals surface area contributed by atoms with E-state index in [9.17, 15) is 0 Å². The lowest BCUT2D eigenvalue weighted by Crippen LogP contribution is -2.27. The minimum Gasteiger partial charge on any atom is -0.293 e. The lowest BCUT2D eigenvalue weighted by atomic mass is 9.93. The van der Waals surface area contributed by atoms with E-state index in [1.807, 2.05) is 4.68 Å². The zero-order valence-corrected chi connectivity index (χ0v) is 12.6. The summed E-state index contributed by atoms with van der Waals surface area (Å²) in [6, 6.07) is 0.729. The molecule has 1 fully saturated rings. The first kappa shape index (κ1) is 13.5. The predicted octanol–water partition coefficient (Wildman–Crippen LogP) is 2.45. The van der Waals surface area contributed by atoms with E-state index in [4.69, 9.17) is 0 Å². The second-order valence-electron chi connectivity index (χ2n) is 7.38. The highest BCUT2D eigenvalue weighted by Gasteiger charge is 2.41. The molecule has 1 aromatic rings. The van der Waals surface area contributed by atoms with E-state index in [0.717, 1.165) is 18.3 Å². The van der Waals surface area contributed by atoms with E-state index in [0.29, 0.717) is 5.54 Å². The van der Waals surface area contributed by atoms with Gasteiger partial charge in [-0.2, -0.15) is 0 Å². The van der Waals surface area contributed by atoms with Crippen LogP contribution in [0.5, 0.6) is 0 Å². The van der Waals surface area contributed by atoms with Gasteiger partial charge in [0.1, 0.15) is 0 Å². The molecule has 0 bridgehead atoms. The van der Waals surface area contributed by atoms with Gasteiger partial charge < -0.3 is 0 Å². The number of rotatable bonds is 3. The van der Waals surface area contributed by atoms with E-state index in [1.54, 1.807) is 0 Å². The Bertz CT molecular complexity index is 408. The first-order valence-corrected chi connectivity index (χ1v) is 6.85. The normalized spacial score (nSPS) is 24.3. The van der Waals surface area contributed by atoms with Gasteiger partial charge >= 0.3 is 0 Å². The smallest absolute Gasteiger partial charge is 0.0880 e. The van der Waals surface area contributed by atoms with Crippen molar-refractivity contribution in [2.24, 2.45) is 0 Å². The number of nitrogens with zero attached hydrogens (tertiary/aromatic N) is 4. The first-order chi connectivity index (χ1) is 8.18. The van der Waals surface area contributed by atoms with Crippen LogP contribution in [0.2, 0.25) is 0 Å². The molecule has 2 heterocycles. The summed E-state index contributed by atoms with van der Waals surface area (Å²) < 4.78 is 1.99. The van der Waals surface area contributed by atoms with Crippen molar-refractivity contribution in [2.75, 3.05) is 6.54 Å². The maximum atomic E-state index is 4.25. The molecule has 102 valence electrons. The lowest BCUT2D eigenvalue weighted by Gasteiger charge is -2.21. The fraction of sp³-hybridized carbons (Fsp3) is 0.857. The number of aryl methyl sites for hydroxylation is 1. The molecule has 4 heteroatoms. The van der Waals surface area contributed by atoms with Gasteiger partial charge in [-0.3, -0.25) is 9.58 Å². The minimum atomic E-state index is 0.0925. The maximum absolute atomic E-state index is 4.25. The summed E-state index contributed by atoms with van der Waals surface area (Å²) in [6.07, 6.45) is 3.26. The second-order valence-corrected chi connectivity index (χ2v) is 7.38. The molecule has 2 unspecified atom stereocenters. The summed E-state index contributed by atoms with van der Waals surface area (Å²) in [5.41, 5.74) is 1.48. The van der Waals surface area contributed by atoms with Gasteiger partial charge in [-0.25, -0.2) is 0 Å². The summed E-state index contributed by atoms with van der Waals surface area (Å²) >= 11 is 0. The summed E-state index contributed by atoms with van der Waals surface area (Å²) in [6.45, 7) is 15.5. The monoisotopic (exact) mass is 250 g/mol. The highest BCUT2D eigenvalue weighted by molar-refractivity contribution is 5.06. The third kappa shape index (κ3) is 3.10. The Labute approximate surface area is 110 Å². The van der Waals surface area contributed by atoms with Gasteiger partial charge in [-0.15, -0.1) is 5.10 Å². The molecular formula is C14H26N4. The van der Waals surface area contributed by atoms with Gasteiger partial charge in [0.25, 0.3) is 0 Å². The molecule has 2 atom stereocenters. The van der Waals surface area contributed by atoms with Crippen LogP contribution in [0.4, 0.5) is 0 Å². The fourth-order valence-electron chi connectivity index (χ4n) is 2.28. The SMILES string of the molecule is CC(C)(C)c1cn(CCC2CN2C(C)(C)C)nn1. The van der Waals surface area contributed by atoms with Crippen molar-refractivity contribution >= 4 is 0 Å². The van der Waals surface area contributed by atoms with Crippen LogP contribution in [0.15, 0.2) is 6.20 Å². The van der Waals surface area contributed by atoms with Crippen LogP contribution >= 0.6 is 0 Å². The summed E-state index contributed by atoms with van der Waals surface area (Å²) in [5, 5.41) is 8.47. The van der Waals surface area contributed by atoms with Crippen molar-refractivity contribution in [2.45, 2.75) is 71.5 Å². The molecule has 1 saturated heterocycles. The number of hydrogen-bond donors (Lipinski definition) is 0. The molecule has 1 aromatic heterocycles. The molecule has 1 aliphatic heterocycles. The van der Waals surface area contributed by atoms with Crippen LogP contribution in [0, 0.1) is 0 Å². The molecule has 18 heavy (non-hydrogen) atoms. The molecule has 0 radical (unpaired) electrons. The van der Waals surface area contributed by atoms with Crippen LogP contribution < -0.4 is 0 Å². The van der Waals surface area contributed by atoms with Gasteiger partial charge in [0, 0.05) is 36.3 Å². The van der Waals surface area contributed by atoms with Crippen LogP contribution in [0.3, 0.4) is 0 Å². The Morgan fingerprint density at radius 1 is 1.22 bits per heavy atom. The molecule has 1 aliphatic rings. The zero-order chi connectivity index (χ0) is 13.6. The van der Waals surface area contributed by atoms with Crippen molar-refractivity contribution in [1.29, 1.82) is 0 Å². The van der Waals surface area contributed by atoms with Crippen LogP contribution in [-0.4, -0.2) is 38.0 Å². The van der Waals surface area contributed by atoms with Crippen LogP contribution in [0.1, 0.15) is 53.7 Å². The van der Waals surface area contributed by atoms with E-state index >= 15 is 0 Å². The van der Waals surface area contributed by atoms with E-state index < -0.39 is 0 Å². The Balaban J connectivity index is 1.84. The summed E-state index contributed by atoms with van der Waals surface area (Å²) in [5.74, 6) is 0. The Morgan fingerprint density at radius 2 is 1.89 bits per heavy atom. The second kappa shape index (κ2) is 4.34. The van der Waals surface area contributed by atoms with Gasteiger partial charge in [-0.05, 0) is 27.2 Å². The molecular weight excluding hydrogens is 224 g/mol. The van der Waals surface area contributed by atoms with Gasteiger partial charge in [0.2, 0.25) is 0 Å². The third-order valence-corrected chi connectivity index (χ3v) is 3.57. The maximum Gasteiger partial charge on any atom is 0.0880 e. The van der Waals surface area contributed by atoms with Crippen molar-refractivity contribution in [3.63, 3.8) is 0 Å². The topological polar surface area (TPSA) is 33.7 Å². The average molecular weight is 250 g/mol. The molecule has 4 nitrogen and oxygen atoms in total. The van der Waals surface area contributed by atoms with E-state index in [1.165, 1.54) is 13.0 Å². The number of aromatic nitrogens is 3. The van der Waals surface area contributed by atoms with Crippen molar-refractivity contribution < 1.29 is 0 Å². The number of hydrogen-bond acceptors (Lipinski definition) is 3. The zero-order valence-electron chi connectivity index (χ0n) is 12.6. The highest BCUT2D eigenvalue weighted by Crippen LogP contribution is 2.31. The Kier molecular flexibility index (Phi) is 3.26. The fourth-order valence-corrected chi connectivity index (χ4v) is 2.28. The quantitative estimate of drug-likeness (QED) is 0.773. The highest BCUT2D eigenvalue weighted by atomic mass is 15.4. The first-order valence-electron chi connectivity index (χ1n) is 6.85. The summed E-state index contributed by atoms with van der Waals surface area (Å²) in [4.78, 5) is 2.54. The van der Waals surface area contributed by atoms with E-state index in [2.05, 4.69) is 63.0 Å². The molecule has 0 saturated carbocycles.